The number of aryl methyl sites for hydroxylation is 2. The second-order valence-electron chi connectivity index (χ2n) is 6.50. The molecule has 0 radical (unpaired) electrons. The summed E-state index contributed by atoms with van der Waals surface area (Å²) in [7, 11) is -3.80. The van der Waals surface area contributed by atoms with Crippen molar-refractivity contribution in [2.24, 2.45) is 0 Å². The van der Waals surface area contributed by atoms with E-state index >= 15 is 0 Å². The Hall–Kier alpha value is -3.11. The predicted molar refractivity (Wildman–Crippen MR) is 111 cm³/mol. The number of sulfone groups is 1. The zero-order valence-electron chi connectivity index (χ0n) is 15.8. The van der Waals surface area contributed by atoms with E-state index in [-0.39, 0.29) is 5.56 Å². The molecule has 0 saturated heterocycles. The van der Waals surface area contributed by atoms with E-state index in [2.05, 4.69) is 10.3 Å². The Kier molecular flexibility index (Phi) is 5.49. The van der Waals surface area contributed by atoms with Crippen molar-refractivity contribution in [3.05, 3.63) is 68.6 Å². The van der Waals surface area contributed by atoms with Gasteiger partial charge < -0.3 is 0 Å². The molecule has 0 fully saturated rings. The van der Waals surface area contributed by atoms with Crippen LogP contribution in [-0.4, -0.2) is 30.5 Å². The van der Waals surface area contributed by atoms with Gasteiger partial charge in [-0.2, -0.15) is 0 Å². The molecule has 8 nitrogen and oxygen atoms in total. The lowest BCUT2D eigenvalue weighted by Crippen LogP contribution is -2.13. The molecule has 0 saturated carbocycles. The summed E-state index contributed by atoms with van der Waals surface area (Å²) >= 11 is 1.22. The highest BCUT2D eigenvalue weighted by atomic mass is 32.2. The van der Waals surface area contributed by atoms with Gasteiger partial charge in [0.15, 0.2) is 15.0 Å². The van der Waals surface area contributed by atoms with Crippen LogP contribution in [0.3, 0.4) is 0 Å². The van der Waals surface area contributed by atoms with Crippen LogP contribution in [0.4, 0.5) is 10.8 Å². The Balaban J connectivity index is 1.86. The van der Waals surface area contributed by atoms with E-state index in [0.717, 1.165) is 35.1 Å². The fourth-order valence-electron chi connectivity index (χ4n) is 2.65. The minimum atomic E-state index is -3.80. The van der Waals surface area contributed by atoms with Crippen LogP contribution in [0, 0.1) is 24.0 Å². The first-order valence-corrected chi connectivity index (χ1v) is 11.2. The topological polar surface area (TPSA) is 119 Å². The average molecular weight is 431 g/mol. The van der Waals surface area contributed by atoms with Crippen LogP contribution in [0.5, 0.6) is 0 Å². The Bertz CT molecular complexity index is 1230. The summed E-state index contributed by atoms with van der Waals surface area (Å²) in [5.41, 5.74) is 3.22. The molecule has 3 rings (SSSR count). The molecule has 0 aliphatic carbocycles. The highest BCUT2D eigenvalue weighted by Gasteiger charge is 2.24. The summed E-state index contributed by atoms with van der Waals surface area (Å²) in [4.78, 5) is 26.8. The number of nitrogens with one attached hydrogen (secondary N) is 1. The highest BCUT2D eigenvalue weighted by molar-refractivity contribution is 7.90. The van der Waals surface area contributed by atoms with Crippen molar-refractivity contribution in [1.29, 1.82) is 0 Å². The number of hydrogen-bond donors (Lipinski definition) is 1. The van der Waals surface area contributed by atoms with E-state index in [0.29, 0.717) is 10.8 Å². The van der Waals surface area contributed by atoms with E-state index in [1.165, 1.54) is 17.4 Å². The number of anilines is 1. The zero-order chi connectivity index (χ0) is 21.3. The van der Waals surface area contributed by atoms with E-state index < -0.39 is 31.3 Å². The van der Waals surface area contributed by atoms with E-state index in [1.54, 1.807) is 5.38 Å². The maximum Gasteiger partial charge on any atom is 0.288 e. The van der Waals surface area contributed by atoms with Crippen molar-refractivity contribution in [3.63, 3.8) is 0 Å². The summed E-state index contributed by atoms with van der Waals surface area (Å²) in [5, 5.41) is 15.9. The van der Waals surface area contributed by atoms with Gasteiger partial charge in [0.2, 0.25) is 0 Å². The number of amides is 1. The number of carbonyl (C=O) groups is 1. The van der Waals surface area contributed by atoms with Gasteiger partial charge in [-0.05, 0) is 43.2 Å². The molecule has 0 bridgehead atoms. The first-order chi connectivity index (χ1) is 13.6. The van der Waals surface area contributed by atoms with E-state index in [4.69, 9.17) is 0 Å². The third-order valence-electron chi connectivity index (χ3n) is 4.34. The molecule has 0 spiro atoms. The number of nitrogens with zero attached hydrogens (tertiary/aromatic N) is 2. The van der Waals surface area contributed by atoms with E-state index in [1.807, 2.05) is 32.0 Å². The minimum Gasteiger partial charge on any atom is -0.298 e. The maximum atomic E-state index is 12.5. The number of hydrogen-bond acceptors (Lipinski definition) is 7. The van der Waals surface area contributed by atoms with Gasteiger partial charge in [0.05, 0.1) is 10.6 Å². The number of aromatic nitrogens is 1. The third kappa shape index (κ3) is 4.49. The number of thiazole rings is 1. The molecule has 0 atom stereocenters. The monoisotopic (exact) mass is 431 g/mol. The molecule has 0 aliphatic rings. The van der Waals surface area contributed by atoms with Crippen LogP contribution in [0.25, 0.3) is 11.3 Å². The van der Waals surface area contributed by atoms with Gasteiger partial charge in [0.25, 0.3) is 11.6 Å². The lowest BCUT2D eigenvalue weighted by molar-refractivity contribution is -0.387. The Labute approximate surface area is 171 Å². The van der Waals surface area contributed by atoms with Crippen LogP contribution >= 0.6 is 11.3 Å². The first-order valence-electron chi connectivity index (χ1n) is 8.39. The van der Waals surface area contributed by atoms with Gasteiger partial charge in [-0.1, -0.05) is 12.1 Å². The first kappa shape index (κ1) is 20.6. The molecule has 3 aromatic rings. The van der Waals surface area contributed by atoms with Crippen molar-refractivity contribution in [1.82, 2.24) is 4.98 Å². The van der Waals surface area contributed by atoms with Crippen LogP contribution in [0.2, 0.25) is 0 Å². The van der Waals surface area contributed by atoms with Gasteiger partial charge in [-0.3, -0.25) is 20.2 Å². The van der Waals surface area contributed by atoms with Crippen molar-refractivity contribution in [3.8, 4) is 11.3 Å². The number of rotatable bonds is 5. The molecule has 1 heterocycles. The van der Waals surface area contributed by atoms with Gasteiger partial charge in [-0.15, -0.1) is 11.3 Å². The summed E-state index contributed by atoms with van der Waals surface area (Å²) in [6.07, 6.45) is 0.874. The lowest BCUT2D eigenvalue weighted by atomic mass is 10.1. The van der Waals surface area contributed by atoms with Crippen molar-refractivity contribution >= 4 is 37.9 Å². The molecule has 1 aromatic heterocycles. The Morgan fingerprint density at radius 3 is 2.48 bits per heavy atom. The van der Waals surface area contributed by atoms with Crippen LogP contribution < -0.4 is 5.32 Å². The summed E-state index contributed by atoms with van der Waals surface area (Å²) in [6.45, 7) is 4.01. The Morgan fingerprint density at radius 1 is 1.14 bits per heavy atom. The van der Waals surface area contributed by atoms with Gasteiger partial charge in [0, 0.05) is 28.8 Å². The molecule has 1 amide bonds. The smallest absolute Gasteiger partial charge is 0.288 e. The number of nitro benzene ring substituents is 1. The maximum absolute atomic E-state index is 12.5. The van der Waals surface area contributed by atoms with Crippen molar-refractivity contribution in [2.45, 2.75) is 18.7 Å². The van der Waals surface area contributed by atoms with Crippen molar-refractivity contribution < 1.29 is 18.1 Å². The molecule has 2 aromatic carbocycles. The van der Waals surface area contributed by atoms with Gasteiger partial charge >= 0.3 is 0 Å². The quantitative estimate of drug-likeness (QED) is 0.482. The van der Waals surface area contributed by atoms with Crippen LogP contribution in [0.15, 0.2) is 46.7 Å². The van der Waals surface area contributed by atoms with E-state index in [9.17, 15) is 23.3 Å². The summed E-state index contributed by atoms with van der Waals surface area (Å²) < 4.78 is 23.4. The summed E-state index contributed by atoms with van der Waals surface area (Å²) in [5.74, 6) is -0.617. The molecule has 150 valence electrons. The molecule has 10 heteroatoms. The predicted octanol–water partition coefficient (Wildman–Crippen LogP) is 3.99. The SMILES string of the molecule is Cc1ccc(-c2csc(NC(=O)c3ccc(S(C)(=O)=O)c([N+](=O)[O-])c3)n2)cc1C. The standard InChI is InChI=1S/C19H17N3O5S2/c1-11-4-5-13(8-12(11)2)15-10-28-19(20-15)21-18(23)14-6-7-17(29(3,26)27)16(9-14)22(24)25/h4-10H,1-3H3,(H,20,21,23). The number of benzene rings is 2. The van der Waals surface area contributed by atoms with Gasteiger partial charge in [-0.25, -0.2) is 13.4 Å². The number of nitro groups is 1. The minimum absolute atomic E-state index is 0.0352. The fourth-order valence-corrected chi connectivity index (χ4v) is 4.19. The molecular weight excluding hydrogens is 414 g/mol. The zero-order valence-corrected chi connectivity index (χ0v) is 17.4. The van der Waals surface area contributed by atoms with Gasteiger partial charge in [0.1, 0.15) is 4.90 Å². The normalized spacial score (nSPS) is 11.3. The second-order valence-corrected chi connectivity index (χ2v) is 9.35. The highest BCUT2D eigenvalue weighted by Crippen LogP contribution is 2.28. The van der Waals surface area contributed by atoms with Crippen LogP contribution in [-0.2, 0) is 9.84 Å². The second kappa shape index (κ2) is 7.72. The largest absolute Gasteiger partial charge is 0.298 e. The molecule has 1 N–H and O–H groups in total. The fraction of sp³-hybridized carbons (Fsp3) is 0.158. The lowest BCUT2D eigenvalue weighted by Gasteiger charge is -2.05. The Morgan fingerprint density at radius 2 is 1.86 bits per heavy atom. The van der Waals surface area contributed by atoms with Crippen LogP contribution in [0.1, 0.15) is 21.5 Å². The molecule has 0 aliphatic heterocycles. The summed E-state index contributed by atoms with van der Waals surface area (Å²) in [6, 6.07) is 9.18. The van der Waals surface area contributed by atoms with Crippen molar-refractivity contribution in [2.75, 3.05) is 11.6 Å². The molecule has 29 heavy (non-hydrogen) atoms. The average Bonchev–Trinajstić information content (AvgIpc) is 3.11. The molecule has 0 unspecified atom stereocenters. The number of carbonyl (C=O) groups excluding carboxylic acids is 1. The molecular formula is C19H17N3O5S2. The third-order valence-corrected chi connectivity index (χ3v) is 6.25.